The van der Waals surface area contributed by atoms with Crippen LogP contribution >= 0.6 is 0 Å². The Hall–Kier alpha value is -1.10. The molecule has 0 radical (unpaired) electrons. The summed E-state index contributed by atoms with van der Waals surface area (Å²) in [6.07, 6.45) is -0.631. The van der Waals surface area contributed by atoms with Gasteiger partial charge in [-0.15, -0.1) is 0 Å². The van der Waals surface area contributed by atoms with Crippen LogP contribution in [0.4, 0.5) is 0 Å². The number of rotatable bonds is 4. The zero-order valence-corrected chi connectivity index (χ0v) is 6.20. The van der Waals surface area contributed by atoms with Gasteiger partial charge in [-0.25, -0.2) is 0 Å². The molecule has 5 heteroatoms. The number of amides is 1. The highest BCUT2D eigenvalue weighted by molar-refractivity contribution is 5.87. The van der Waals surface area contributed by atoms with E-state index >= 15 is 0 Å². The Labute approximate surface area is 63.8 Å². The minimum Gasteiger partial charge on any atom is -0.481 e. The Kier molecular flexibility index (Phi) is 3.00. The predicted octanol–water partition coefficient (Wildman–Crippen LogP) is -0.913. The Balaban J connectivity index is 4.34. The molecule has 0 saturated heterocycles. The number of hydrogen-bond acceptors (Lipinski definition) is 3. The van der Waals surface area contributed by atoms with E-state index in [4.69, 9.17) is 10.8 Å². The van der Waals surface area contributed by atoms with Crippen LogP contribution < -0.4 is 5.73 Å². The van der Waals surface area contributed by atoms with Crippen molar-refractivity contribution in [1.82, 2.24) is 0 Å². The SMILES string of the molecule is CCC(O)(CC(=O)O)C(N)=O. The van der Waals surface area contributed by atoms with Crippen molar-refractivity contribution in [3.63, 3.8) is 0 Å². The zero-order chi connectivity index (χ0) is 9.07. The van der Waals surface area contributed by atoms with Crippen LogP contribution in [-0.2, 0) is 9.59 Å². The summed E-state index contributed by atoms with van der Waals surface area (Å²) in [4.78, 5) is 20.6. The Morgan fingerprint density at radius 1 is 1.55 bits per heavy atom. The van der Waals surface area contributed by atoms with Gasteiger partial charge < -0.3 is 15.9 Å². The smallest absolute Gasteiger partial charge is 0.306 e. The molecule has 5 nitrogen and oxygen atoms in total. The van der Waals surface area contributed by atoms with E-state index in [9.17, 15) is 14.7 Å². The summed E-state index contributed by atoms with van der Waals surface area (Å²) in [6, 6.07) is 0. The van der Waals surface area contributed by atoms with E-state index in [1.54, 1.807) is 0 Å². The standard InChI is InChI=1S/C6H11NO4/c1-2-6(11,5(7)10)3-4(8)9/h11H,2-3H2,1H3,(H2,7,10)(H,8,9). The maximum atomic E-state index is 10.5. The summed E-state index contributed by atoms with van der Waals surface area (Å²) in [5.74, 6) is -2.24. The van der Waals surface area contributed by atoms with Crippen LogP contribution in [0.15, 0.2) is 0 Å². The summed E-state index contributed by atoms with van der Waals surface area (Å²) in [6.45, 7) is 1.49. The lowest BCUT2D eigenvalue weighted by atomic mass is 9.96. The molecule has 0 rings (SSSR count). The van der Waals surface area contributed by atoms with Gasteiger partial charge in [0.05, 0.1) is 6.42 Å². The van der Waals surface area contributed by atoms with Crippen molar-refractivity contribution in [3.8, 4) is 0 Å². The highest BCUT2D eigenvalue weighted by Gasteiger charge is 2.34. The molecule has 0 bridgehead atoms. The first-order chi connectivity index (χ1) is 4.92. The number of primary amides is 1. The molecular weight excluding hydrogens is 150 g/mol. The van der Waals surface area contributed by atoms with Gasteiger partial charge in [-0.2, -0.15) is 0 Å². The van der Waals surface area contributed by atoms with Crippen molar-refractivity contribution >= 4 is 11.9 Å². The summed E-state index contributed by atoms with van der Waals surface area (Å²) in [5.41, 5.74) is 2.88. The van der Waals surface area contributed by atoms with Crippen LogP contribution in [0.3, 0.4) is 0 Å². The second-order valence-electron chi connectivity index (χ2n) is 2.32. The molecule has 0 heterocycles. The minimum absolute atomic E-state index is 0.00856. The zero-order valence-electron chi connectivity index (χ0n) is 6.20. The van der Waals surface area contributed by atoms with E-state index in [2.05, 4.69) is 0 Å². The average Bonchev–Trinajstić information content (AvgIpc) is 1.86. The van der Waals surface area contributed by atoms with Crippen molar-refractivity contribution in [1.29, 1.82) is 0 Å². The van der Waals surface area contributed by atoms with E-state index in [1.165, 1.54) is 6.92 Å². The lowest BCUT2D eigenvalue weighted by Crippen LogP contribution is -2.44. The maximum Gasteiger partial charge on any atom is 0.306 e. The normalized spacial score (nSPS) is 15.5. The summed E-state index contributed by atoms with van der Waals surface area (Å²) in [5, 5.41) is 17.5. The van der Waals surface area contributed by atoms with E-state index in [0.717, 1.165) is 0 Å². The summed E-state index contributed by atoms with van der Waals surface area (Å²) < 4.78 is 0. The molecule has 0 aromatic rings. The molecule has 0 aliphatic heterocycles. The fourth-order valence-electron chi connectivity index (χ4n) is 0.637. The molecule has 0 aliphatic carbocycles. The Bertz CT molecular complexity index is 179. The van der Waals surface area contributed by atoms with Gasteiger partial charge in [0.1, 0.15) is 0 Å². The van der Waals surface area contributed by atoms with Crippen molar-refractivity contribution in [2.75, 3.05) is 0 Å². The number of carboxylic acids is 1. The number of carbonyl (C=O) groups is 2. The fourth-order valence-corrected chi connectivity index (χ4v) is 0.637. The number of hydrogen-bond donors (Lipinski definition) is 3. The topological polar surface area (TPSA) is 101 Å². The van der Waals surface area contributed by atoms with Crippen LogP contribution in [0, 0.1) is 0 Å². The largest absolute Gasteiger partial charge is 0.481 e. The molecule has 64 valence electrons. The van der Waals surface area contributed by atoms with Crippen LogP contribution in [0.5, 0.6) is 0 Å². The Morgan fingerprint density at radius 3 is 2.09 bits per heavy atom. The average molecular weight is 161 g/mol. The van der Waals surface area contributed by atoms with Crippen molar-refractivity contribution in [3.05, 3.63) is 0 Å². The van der Waals surface area contributed by atoms with Crippen LogP contribution in [0.2, 0.25) is 0 Å². The quantitative estimate of drug-likeness (QED) is 0.496. The fraction of sp³-hybridized carbons (Fsp3) is 0.667. The van der Waals surface area contributed by atoms with Gasteiger partial charge >= 0.3 is 5.97 Å². The second kappa shape index (κ2) is 3.34. The van der Waals surface area contributed by atoms with Gasteiger partial charge in [0.25, 0.3) is 0 Å². The molecule has 1 amide bonds. The van der Waals surface area contributed by atoms with Gasteiger partial charge in [0.15, 0.2) is 5.60 Å². The first kappa shape index (κ1) is 9.90. The van der Waals surface area contributed by atoms with Crippen molar-refractivity contribution in [2.24, 2.45) is 5.73 Å². The molecule has 11 heavy (non-hydrogen) atoms. The lowest BCUT2D eigenvalue weighted by molar-refractivity contribution is -0.151. The molecule has 0 spiro atoms. The number of nitrogens with two attached hydrogens (primary N) is 1. The van der Waals surface area contributed by atoms with Crippen molar-refractivity contribution < 1.29 is 19.8 Å². The third-order valence-corrected chi connectivity index (χ3v) is 1.49. The number of aliphatic hydroxyl groups is 1. The van der Waals surface area contributed by atoms with Crippen LogP contribution in [0.1, 0.15) is 19.8 Å². The Morgan fingerprint density at radius 2 is 2.00 bits per heavy atom. The van der Waals surface area contributed by atoms with Crippen molar-refractivity contribution in [2.45, 2.75) is 25.4 Å². The van der Waals surface area contributed by atoms with E-state index in [-0.39, 0.29) is 6.42 Å². The minimum atomic E-state index is -1.90. The number of carbonyl (C=O) groups excluding carboxylic acids is 1. The monoisotopic (exact) mass is 161 g/mol. The lowest BCUT2D eigenvalue weighted by Gasteiger charge is -2.19. The highest BCUT2D eigenvalue weighted by Crippen LogP contribution is 2.13. The number of aliphatic carboxylic acids is 1. The van der Waals surface area contributed by atoms with Gasteiger partial charge in [-0.3, -0.25) is 9.59 Å². The van der Waals surface area contributed by atoms with E-state index in [1.807, 2.05) is 0 Å². The van der Waals surface area contributed by atoms with E-state index in [0.29, 0.717) is 0 Å². The van der Waals surface area contributed by atoms with Gasteiger partial charge in [0.2, 0.25) is 5.91 Å². The number of carboxylic acid groups (broad SMARTS) is 1. The molecular formula is C6H11NO4. The van der Waals surface area contributed by atoms with E-state index < -0.39 is 23.9 Å². The molecule has 0 fully saturated rings. The second-order valence-corrected chi connectivity index (χ2v) is 2.32. The first-order valence-electron chi connectivity index (χ1n) is 3.16. The maximum absolute atomic E-state index is 10.5. The molecule has 1 unspecified atom stereocenters. The van der Waals surface area contributed by atoms with Gasteiger partial charge in [0, 0.05) is 0 Å². The third kappa shape index (κ3) is 2.55. The predicted molar refractivity (Wildman–Crippen MR) is 36.7 cm³/mol. The van der Waals surface area contributed by atoms with Crippen LogP contribution in [-0.4, -0.2) is 27.7 Å². The molecule has 0 aromatic carbocycles. The van der Waals surface area contributed by atoms with Crippen LogP contribution in [0.25, 0.3) is 0 Å². The molecule has 0 aromatic heterocycles. The highest BCUT2D eigenvalue weighted by atomic mass is 16.4. The first-order valence-corrected chi connectivity index (χ1v) is 3.16. The van der Waals surface area contributed by atoms with Gasteiger partial charge in [-0.1, -0.05) is 6.92 Å². The molecule has 0 aliphatic rings. The molecule has 1 atom stereocenters. The molecule has 4 N–H and O–H groups in total. The third-order valence-electron chi connectivity index (χ3n) is 1.49. The summed E-state index contributed by atoms with van der Waals surface area (Å²) >= 11 is 0. The molecule has 0 saturated carbocycles. The summed E-state index contributed by atoms with van der Waals surface area (Å²) in [7, 11) is 0. The van der Waals surface area contributed by atoms with Gasteiger partial charge in [-0.05, 0) is 6.42 Å².